The second kappa shape index (κ2) is 6.54. The van der Waals surface area contributed by atoms with Gasteiger partial charge in [-0.15, -0.1) is 0 Å². The lowest BCUT2D eigenvalue weighted by Gasteiger charge is -2.08. The summed E-state index contributed by atoms with van der Waals surface area (Å²) in [6, 6.07) is 11.4. The molecule has 0 fully saturated rings. The van der Waals surface area contributed by atoms with Crippen LogP contribution in [-0.4, -0.2) is 21.1 Å². The fraction of sp³-hybridized carbons (Fsp3) is 0.167. The van der Waals surface area contributed by atoms with Crippen molar-refractivity contribution >= 4 is 5.91 Å². The van der Waals surface area contributed by atoms with Gasteiger partial charge in [-0.25, -0.2) is 0 Å². The van der Waals surface area contributed by atoms with Crippen LogP contribution in [0, 0.1) is 13.8 Å². The maximum absolute atomic E-state index is 12.5. The summed E-state index contributed by atoms with van der Waals surface area (Å²) in [5.74, 6) is -0.276. The smallest absolute Gasteiger partial charge is 0.255 e. The van der Waals surface area contributed by atoms with E-state index >= 15 is 0 Å². The molecule has 0 aliphatic heterocycles. The van der Waals surface area contributed by atoms with E-state index in [0.717, 1.165) is 16.8 Å². The largest absolute Gasteiger partial charge is 0.348 e. The SMILES string of the molecule is Cc1cc(C)c(CNC(=O)c2cn[nH]c2-c2ccccc2)c(=O)[nH]1. The molecule has 3 rings (SSSR count). The van der Waals surface area contributed by atoms with Gasteiger partial charge in [0.05, 0.1) is 17.5 Å². The van der Waals surface area contributed by atoms with Crippen LogP contribution >= 0.6 is 0 Å². The third-order valence-electron chi connectivity index (χ3n) is 3.87. The Morgan fingerprint density at radius 3 is 2.67 bits per heavy atom. The molecule has 6 heteroatoms. The van der Waals surface area contributed by atoms with Crippen LogP contribution in [0.1, 0.15) is 27.2 Å². The molecule has 3 aromatic rings. The summed E-state index contributed by atoms with van der Waals surface area (Å²) in [5.41, 5.74) is 4.01. The van der Waals surface area contributed by atoms with Crippen molar-refractivity contribution in [2.45, 2.75) is 20.4 Å². The molecular weight excluding hydrogens is 304 g/mol. The average molecular weight is 322 g/mol. The number of carbonyl (C=O) groups is 1. The Labute approximate surface area is 138 Å². The molecular formula is C18H18N4O2. The monoisotopic (exact) mass is 322 g/mol. The van der Waals surface area contributed by atoms with E-state index in [1.165, 1.54) is 6.20 Å². The Bertz CT molecular complexity index is 926. The van der Waals surface area contributed by atoms with Gasteiger partial charge >= 0.3 is 0 Å². The van der Waals surface area contributed by atoms with E-state index in [1.807, 2.05) is 50.2 Å². The van der Waals surface area contributed by atoms with Gasteiger partial charge in [0.1, 0.15) is 0 Å². The minimum Gasteiger partial charge on any atom is -0.348 e. The van der Waals surface area contributed by atoms with Crippen LogP contribution in [0.15, 0.2) is 47.4 Å². The third kappa shape index (κ3) is 3.12. The number of benzene rings is 1. The second-order valence-corrected chi connectivity index (χ2v) is 5.65. The van der Waals surface area contributed by atoms with Crippen LogP contribution < -0.4 is 10.9 Å². The predicted octanol–water partition coefficient (Wildman–Crippen LogP) is 2.31. The number of nitrogens with one attached hydrogen (secondary N) is 3. The lowest BCUT2D eigenvalue weighted by Crippen LogP contribution is -2.28. The summed E-state index contributed by atoms with van der Waals surface area (Å²) in [4.78, 5) is 27.3. The van der Waals surface area contributed by atoms with Crippen LogP contribution in [0.5, 0.6) is 0 Å². The molecule has 1 aromatic carbocycles. The van der Waals surface area contributed by atoms with Crippen LogP contribution in [0.25, 0.3) is 11.3 Å². The van der Waals surface area contributed by atoms with Gasteiger partial charge in [-0.3, -0.25) is 14.7 Å². The van der Waals surface area contributed by atoms with Crippen LogP contribution in [-0.2, 0) is 6.54 Å². The standard InChI is InChI=1S/C18H18N4O2/c1-11-8-12(2)21-18(24)14(11)9-19-17(23)15-10-20-22-16(15)13-6-4-3-5-7-13/h3-8,10H,9H2,1-2H3,(H,19,23)(H,20,22)(H,21,24). The lowest BCUT2D eigenvalue weighted by atomic mass is 10.1. The van der Waals surface area contributed by atoms with E-state index in [0.29, 0.717) is 16.8 Å². The Kier molecular flexibility index (Phi) is 4.29. The van der Waals surface area contributed by atoms with Crippen molar-refractivity contribution in [3.8, 4) is 11.3 Å². The molecule has 1 amide bonds. The van der Waals surface area contributed by atoms with Crippen molar-refractivity contribution in [1.29, 1.82) is 0 Å². The number of hydrogen-bond donors (Lipinski definition) is 3. The van der Waals surface area contributed by atoms with Gasteiger partial charge in [-0.05, 0) is 25.5 Å². The molecule has 0 aliphatic carbocycles. The Morgan fingerprint density at radius 2 is 1.96 bits per heavy atom. The normalized spacial score (nSPS) is 10.6. The van der Waals surface area contributed by atoms with Crippen molar-refractivity contribution in [2.24, 2.45) is 0 Å². The molecule has 6 nitrogen and oxygen atoms in total. The minimum atomic E-state index is -0.276. The Balaban J connectivity index is 1.80. The summed E-state index contributed by atoms with van der Waals surface area (Å²) in [7, 11) is 0. The summed E-state index contributed by atoms with van der Waals surface area (Å²) >= 11 is 0. The average Bonchev–Trinajstić information content (AvgIpc) is 3.04. The van der Waals surface area contributed by atoms with E-state index in [-0.39, 0.29) is 18.0 Å². The number of amides is 1. The van der Waals surface area contributed by atoms with Gasteiger partial charge in [0, 0.05) is 23.4 Å². The lowest BCUT2D eigenvalue weighted by molar-refractivity contribution is 0.0951. The van der Waals surface area contributed by atoms with Crippen LogP contribution in [0.2, 0.25) is 0 Å². The molecule has 122 valence electrons. The molecule has 0 saturated heterocycles. The van der Waals surface area contributed by atoms with Crippen LogP contribution in [0.3, 0.4) is 0 Å². The highest BCUT2D eigenvalue weighted by molar-refractivity contribution is 5.99. The van der Waals surface area contributed by atoms with Gasteiger partial charge in [0.2, 0.25) is 0 Å². The van der Waals surface area contributed by atoms with Gasteiger partial charge in [0.15, 0.2) is 0 Å². The van der Waals surface area contributed by atoms with E-state index in [2.05, 4.69) is 20.5 Å². The van der Waals surface area contributed by atoms with Gasteiger partial charge in [0.25, 0.3) is 11.5 Å². The molecule has 0 saturated carbocycles. The first-order chi connectivity index (χ1) is 11.6. The van der Waals surface area contributed by atoms with E-state index in [1.54, 1.807) is 0 Å². The van der Waals surface area contributed by atoms with Crippen molar-refractivity contribution in [3.05, 3.63) is 75.3 Å². The maximum atomic E-state index is 12.5. The maximum Gasteiger partial charge on any atom is 0.255 e. The zero-order valence-electron chi connectivity index (χ0n) is 13.5. The molecule has 2 heterocycles. The molecule has 0 unspecified atom stereocenters. The van der Waals surface area contributed by atoms with E-state index in [9.17, 15) is 9.59 Å². The number of aryl methyl sites for hydroxylation is 2. The van der Waals surface area contributed by atoms with Gasteiger partial charge in [-0.2, -0.15) is 5.10 Å². The molecule has 0 spiro atoms. The number of carbonyl (C=O) groups excluding carboxylic acids is 1. The zero-order valence-corrected chi connectivity index (χ0v) is 13.5. The summed E-state index contributed by atoms with van der Waals surface area (Å²) in [6.45, 7) is 3.85. The van der Waals surface area contributed by atoms with Crippen LogP contribution in [0.4, 0.5) is 0 Å². The number of rotatable bonds is 4. The number of nitrogens with zero attached hydrogens (tertiary/aromatic N) is 1. The molecule has 0 atom stereocenters. The highest BCUT2D eigenvalue weighted by Gasteiger charge is 2.16. The first-order valence-electron chi connectivity index (χ1n) is 7.62. The number of hydrogen-bond acceptors (Lipinski definition) is 3. The summed E-state index contributed by atoms with van der Waals surface area (Å²) in [6.07, 6.45) is 1.49. The highest BCUT2D eigenvalue weighted by atomic mass is 16.2. The number of pyridine rings is 1. The molecule has 0 aliphatic rings. The topological polar surface area (TPSA) is 90.6 Å². The Hall–Kier alpha value is -3.15. The number of H-pyrrole nitrogens is 2. The fourth-order valence-electron chi connectivity index (χ4n) is 2.65. The molecule has 2 aromatic heterocycles. The molecule has 0 radical (unpaired) electrons. The second-order valence-electron chi connectivity index (χ2n) is 5.65. The summed E-state index contributed by atoms with van der Waals surface area (Å²) < 4.78 is 0. The van der Waals surface area contributed by atoms with Crippen molar-refractivity contribution < 1.29 is 4.79 Å². The third-order valence-corrected chi connectivity index (χ3v) is 3.87. The highest BCUT2D eigenvalue weighted by Crippen LogP contribution is 2.20. The van der Waals surface area contributed by atoms with Crippen molar-refractivity contribution in [1.82, 2.24) is 20.5 Å². The van der Waals surface area contributed by atoms with Crippen molar-refractivity contribution in [2.75, 3.05) is 0 Å². The van der Waals surface area contributed by atoms with Crippen molar-refractivity contribution in [3.63, 3.8) is 0 Å². The fourth-order valence-corrected chi connectivity index (χ4v) is 2.65. The van der Waals surface area contributed by atoms with E-state index in [4.69, 9.17) is 0 Å². The molecule has 0 bridgehead atoms. The molecule has 3 N–H and O–H groups in total. The molecule has 24 heavy (non-hydrogen) atoms. The quantitative estimate of drug-likeness (QED) is 0.688. The number of aromatic nitrogens is 3. The van der Waals surface area contributed by atoms with E-state index < -0.39 is 0 Å². The van der Waals surface area contributed by atoms with Gasteiger partial charge in [-0.1, -0.05) is 30.3 Å². The Morgan fingerprint density at radius 1 is 1.21 bits per heavy atom. The predicted molar refractivity (Wildman–Crippen MR) is 91.7 cm³/mol. The first kappa shape index (κ1) is 15.7. The minimum absolute atomic E-state index is 0.166. The first-order valence-corrected chi connectivity index (χ1v) is 7.62. The number of aromatic amines is 2. The summed E-state index contributed by atoms with van der Waals surface area (Å²) in [5, 5.41) is 9.61. The van der Waals surface area contributed by atoms with Gasteiger partial charge < -0.3 is 10.3 Å². The zero-order chi connectivity index (χ0) is 17.1.